The molecule has 0 aromatic carbocycles. The quantitative estimate of drug-likeness (QED) is 0.773. The average Bonchev–Trinajstić information content (AvgIpc) is 2.35. The fourth-order valence-electron chi connectivity index (χ4n) is 2.98. The van der Waals surface area contributed by atoms with Crippen LogP contribution in [0.2, 0.25) is 0 Å². The van der Waals surface area contributed by atoms with Gasteiger partial charge in [-0.05, 0) is 37.6 Å². The number of carbonyl (C=O) groups is 1. The number of aliphatic hydroxyl groups excluding tert-OH is 1. The first-order valence-electron chi connectivity index (χ1n) is 7.27. The lowest BCUT2D eigenvalue weighted by Gasteiger charge is -2.36. The molecule has 0 aliphatic carbocycles. The van der Waals surface area contributed by atoms with Gasteiger partial charge in [-0.3, -0.25) is 4.79 Å². The van der Waals surface area contributed by atoms with Gasteiger partial charge in [-0.2, -0.15) is 0 Å². The summed E-state index contributed by atoms with van der Waals surface area (Å²) in [7, 11) is 0. The molecule has 2 fully saturated rings. The van der Waals surface area contributed by atoms with Crippen LogP contribution in [-0.4, -0.2) is 47.7 Å². The van der Waals surface area contributed by atoms with E-state index in [0.29, 0.717) is 30.8 Å². The molecule has 0 bridgehead atoms. The average molecular weight is 254 g/mol. The molecule has 4 atom stereocenters. The van der Waals surface area contributed by atoms with Gasteiger partial charge < -0.3 is 15.3 Å². The SMILES string of the molecule is CC1CCN(C(=O)CC2NCCCC2C)CC1O. The highest BCUT2D eigenvalue weighted by atomic mass is 16.3. The van der Waals surface area contributed by atoms with Crippen molar-refractivity contribution in [3.05, 3.63) is 0 Å². The Labute approximate surface area is 110 Å². The van der Waals surface area contributed by atoms with Gasteiger partial charge in [0.15, 0.2) is 0 Å². The summed E-state index contributed by atoms with van der Waals surface area (Å²) in [6.07, 6.45) is 3.58. The Morgan fingerprint density at radius 1 is 1.33 bits per heavy atom. The highest BCUT2D eigenvalue weighted by Gasteiger charge is 2.30. The normalized spacial score (nSPS) is 37.6. The van der Waals surface area contributed by atoms with Crippen LogP contribution in [-0.2, 0) is 4.79 Å². The maximum atomic E-state index is 12.2. The summed E-state index contributed by atoms with van der Waals surface area (Å²) >= 11 is 0. The van der Waals surface area contributed by atoms with Crippen LogP contribution in [0.5, 0.6) is 0 Å². The van der Waals surface area contributed by atoms with Gasteiger partial charge >= 0.3 is 0 Å². The van der Waals surface area contributed by atoms with Crippen molar-refractivity contribution in [2.45, 2.75) is 51.7 Å². The number of nitrogens with one attached hydrogen (secondary N) is 1. The predicted molar refractivity (Wildman–Crippen MR) is 71.2 cm³/mol. The van der Waals surface area contributed by atoms with Gasteiger partial charge in [0, 0.05) is 25.6 Å². The smallest absolute Gasteiger partial charge is 0.224 e. The molecule has 4 unspecified atom stereocenters. The van der Waals surface area contributed by atoms with E-state index >= 15 is 0 Å². The Kier molecular flexibility index (Phi) is 4.62. The number of amides is 1. The van der Waals surface area contributed by atoms with E-state index in [4.69, 9.17) is 0 Å². The third kappa shape index (κ3) is 3.23. The molecule has 4 nitrogen and oxygen atoms in total. The van der Waals surface area contributed by atoms with E-state index in [1.807, 2.05) is 4.90 Å². The first-order valence-corrected chi connectivity index (χ1v) is 7.27. The van der Waals surface area contributed by atoms with E-state index in [9.17, 15) is 9.90 Å². The summed E-state index contributed by atoms with van der Waals surface area (Å²) in [5, 5.41) is 13.3. The van der Waals surface area contributed by atoms with Gasteiger partial charge in [-0.1, -0.05) is 13.8 Å². The second-order valence-electron chi connectivity index (χ2n) is 6.06. The highest BCUT2D eigenvalue weighted by Crippen LogP contribution is 2.21. The molecule has 18 heavy (non-hydrogen) atoms. The van der Waals surface area contributed by atoms with Gasteiger partial charge in [0.05, 0.1) is 6.10 Å². The lowest BCUT2D eigenvalue weighted by atomic mass is 9.89. The van der Waals surface area contributed by atoms with E-state index in [2.05, 4.69) is 19.2 Å². The number of aliphatic hydroxyl groups is 1. The van der Waals surface area contributed by atoms with Crippen LogP contribution in [0.4, 0.5) is 0 Å². The zero-order chi connectivity index (χ0) is 13.1. The van der Waals surface area contributed by atoms with Crippen molar-refractivity contribution in [3.8, 4) is 0 Å². The Morgan fingerprint density at radius 3 is 2.78 bits per heavy atom. The number of carbonyl (C=O) groups excluding carboxylic acids is 1. The number of hydrogen-bond acceptors (Lipinski definition) is 3. The zero-order valence-electron chi connectivity index (χ0n) is 11.6. The number of rotatable bonds is 2. The number of hydrogen-bond donors (Lipinski definition) is 2. The van der Waals surface area contributed by atoms with Crippen molar-refractivity contribution in [1.82, 2.24) is 10.2 Å². The second kappa shape index (κ2) is 6.02. The first-order chi connectivity index (χ1) is 8.58. The van der Waals surface area contributed by atoms with Crippen LogP contribution in [0.1, 0.15) is 39.5 Å². The summed E-state index contributed by atoms with van der Waals surface area (Å²) in [5.74, 6) is 1.10. The predicted octanol–water partition coefficient (Wildman–Crippen LogP) is 0.994. The molecule has 0 aromatic rings. The van der Waals surface area contributed by atoms with Crippen LogP contribution in [0.25, 0.3) is 0 Å². The Hall–Kier alpha value is -0.610. The standard InChI is InChI=1S/C14H26N2O2/c1-10-4-3-6-15-12(10)8-14(18)16-7-5-11(2)13(17)9-16/h10-13,15,17H,3-9H2,1-2H3. The summed E-state index contributed by atoms with van der Waals surface area (Å²) in [6.45, 7) is 6.62. The monoisotopic (exact) mass is 254 g/mol. The fourth-order valence-corrected chi connectivity index (χ4v) is 2.98. The molecular formula is C14H26N2O2. The van der Waals surface area contributed by atoms with E-state index in [1.165, 1.54) is 12.8 Å². The maximum absolute atomic E-state index is 12.2. The molecule has 0 aromatic heterocycles. The fraction of sp³-hybridized carbons (Fsp3) is 0.929. The van der Waals surface area contributed by atoms with Gasteiger partial charge in [0.1, 0.15) is 0 Å². The zero-order valence-corrected chi connectivity index (χ0v) is 11.6. The highest BCUT2D eigenvalue weighted by molar-refractivity contribution is 5.77. The molecular weight excluding hydrogens is 228 g/mol. The van der Waals surface area contributed by atoms with E-state index in [0.717, 1.165) is 19.5 Å². The molecule has 4 heteroatoms. The van der Waals surface area contributed by atoms with Gasteiger partial charge in [-0.25, -0.2) is 0 Å². The molecule has 2 N–H and O–H groups in total. The van der Waals surface area contributed by atoms with E-state index in [1.54, 1.807) is 0 Å². The van der Waals surface area contributed by atoms with E-state index in [-0.39, 0.29) is 12.0 Å². The van der Waals surface area contributed by atoms with Gasteiger partial charge in [0.2, 0.25) is 5.91 Å². The van der Waals surface area contributed by atoms with Crippen LogP contribution < -0.4 is 5.32 Å². The summed E-state index contributed by atoms with van der Waals surface area (Å²) < 4.78 is 0. The lowest BCUT2D eigenvalue weighted by Crippen LogP contribution is -2.49. The Balaban J connectivity index is 1.84. The number of nitrogens with zero attached hydrogens (tertiary/aromatic N) is 1. The summed E-state index contributed by atoms with van der Waals surface area (Å²) in [5.41, 5.74) is 0. The van der Waals surface area contributed by atoms with Crippen molar-refractivity contribution in [2.75, 3.05) is 19.6 Å². The lowest BCUT2D eigenvalue weighted by molar-refractivity contribution is -0.136. The van der Waals surface area contributed by atoms with Crippen LogP contribution in [0.15, 0.2) is 0 Å². The third-order valence-electron chi connectivity index (χ3n) is 4.60. The van der Waals surface area contributed by atoms with Crippen LogP contribution in [0, 0.1) is 11.8 Å². The Morgan fingerprint density at radius 2 is 2.11 bits per heavy atom. The molecule has 0 saturated carbocycles. The van der Waals surface area contributed by atoms with E-state index < -0.39 is 0 Å². The topological polar surface area (TPSA) is 52.6 Å². The van der Waals surface area contributed by atoms with Crippen molar-refractivity contribution >= 4 is 5.91 Å². The second-order valence-corrected chi connectivity index (χ2v) is 6.06. The molecule has 2 rings (SSSR count). The van der Waals surface area contributed by atoms with Gasteiger partial charge in [0.25, 0.3) is 0 Å². The van der Waals surface area contributed by atoms with Gasteiger partial charge in [-0.15, -0.1) is 0 Å². The molecule has 2 aliphatic rings. The molecule has 2 saturated heterocycles. The van der Waals surface area contributed by atoms with Crippen molar-refractivity contribution in [3.63, 3.8) is 0 Å². The Bertz CT molecular complexity index is 296. The minimum absolute atomic E-state index is 0.201. The molecule has 104 valence electrons. The molecule has 1 amide bonds. The van der Waals surface area contributed by atoms with Crippen LogP contribution >= 0.6 is 0 Å². The van der Waals surface area contributed by atoms with Crippen molar-refractivity contribution < 1.29 is 9.90 Å². The largest absolute Gasteiger partial charge is 0.391 e. The molecule has 0 radical (unpaired) electrons. The number of β-amino-alcohol motifs (C(OH)–C–C–N with tert-alkyl or cyclic N) is 1. The van der Waals surface area contributed by atoms with Crippen molar-refractivity contribution in [2.24, 2.45) is 11.8 Å². The van der Waals surface area contributed by atoms with Crippen LogP contribution in [0.3, 0.4) is 0 Å². The minimum Gasteiger partial charge on any atom is -0.391 e. The molecule has 2 aliphatic heterocycles. The summed E-state index contributed by atoms with van der Waals surface area (Å²) in [4.78, 5) is 14.1. The van der Waals surface area contributed by atoms with Crippen molar-refractivity contribution in [1.29, 1.82) is 0 Å². The summed E-state index contributed by atoms with van der Waals surface area (Å²) in [6, 6.07) is 0.322. The number of piperidine rings is 2. The molecule has 2 heterocycles. The third-order valence-corrected chi connectivity index (χ3v) is 4.60. The minimum atomic E-state index is -0.348. The molecule has 0 spiro atoms. The number of likely N-dealkylation sites (tertiary alicyclic amines) is 1. The maximum Gasteiger partial charge on any atom is 0.224 e. The first kappa shape index (κ1) is 13.8.